The largest absolute Gasteiger partial charge is 0.480 e. The monoisotopic (exact) mass is 344 g/mol. The first-order valence-electron chi connectivity index (χ1n) is 7.15. The van der Waals surface area contributed by atoms with Crippen LogP contribution in [-0.4, -0.2) is 47.6 Å². The van der Waals surface area contributed by atoms with Gasteiger partial charge in [0.25, 0.3) is 0 Å². The molecular weight excluding hydrogens is 327 g/mol. The third-order valence-electron chi connectivity index (χ3n) is 3.74. The molecule has 120 valence electrons. The molecule has 1 atom stereocenters. The molecule has 1 heterocycles. The van der Waals surface area contributed by atoms with Crippen LogP contribution in [0.2, 0.25) is 10.0 Å². The molecule has 1 aliphatic rings. The molecule has 22 heavy (non-hydrogen) atoms. The summed E-state index contributed by atoms with van der Waals surface area (Å²) in [5.41, 5.74) is 0.874. The lowest BCUT2D eigenvalue weighted by atomic mass is 10.1. The Labute approximate surface area is 139 Å². The van der Waals surface area contributed by atoms with Gasteiger partial charge in [-0.2, -0.15) is 0 Å². The highest BCUT2D eigenvalue weighted by molar-refractivity contribution is 6.42. The minimum Gasteiger partial charge on any atom is -0.480 e. The van der Waals surface area contributed by atoms with Gasteiger partial charge in [0.1, 0.15) is 6.04 Å². The summed E-state index contributed by atoms with van der Waals surface area (Å²) < 4.78 is 0. The van der Waals surface area contributed by atoms with Gasteiger partial charge >= 0.3 is 5.97 Å². The number of amides is 1. The average molecular weight is 345 g/mol. The van der Waals surface area contributed by atoms with Crippen molar-refractivity contribution in [3.8, 4) is 0 Å². The summed E-state index contributed by atoms with van der Waals surface area (Å²) in [4.78, 5) is 24.7. The summed E-state index contributed by atoms with van der Waals surface area (Å²) in [7, 11) is 0. The van der Waals surface area contributed by atoms with E-state index in [1.807, 2.05) is 12.1 Å². The molecule has 2 rings (SSSR count). The van der Waals surface area contributed by atoms with Crippen LogP contribution in [0.1, 0.15) is 18.4 Å². The fraction of sp³-hybridized carbons (Fsp3) is 0.467. The number of halogens is 2. The minimum atomic E-state index is -0.865. The Balaban J connectivity index is 1.78. The van der Waals surface area contributed by atoms with Crippen LogP contribution in [-0.2, 0) is 16.0 Å². The van der Waals surface area contributed by atoms with Crippen LogP contribution >= 0.6 is 23.2 Å². The number of hydrogen-bond acceptors (Lipinski definition) is 3. The van der Waals surface area contributed by atoms with E-state index in [0.29, 0.717) is 36.0 Å². The molecular formula is C15H18Cl2N2O3. The topological polar surface area (TPSA) is 69.6 Å². The second-order valence-electron chi connectivity index (χ2n) is 5.28. The maximum atomic E-state index is 11.9. The van der Waals surface area contributed by atoms with Crippen LogP contribution < -0.4 is 5.32 Å². The van der Waals surface area contributed by atoms with Crippen LogP contribution in [0.5, 0.6) is 0 Å². The van der Waals surface area contributed by atoms with Crippen molar-refractivity contribution in [1.82, 2.24) is 10.2 Å². The van der Waals surface area contributed by atoms with Crippen molar-refractivity contribution >= 4 is 35.1 Å². The Hall–Kier alpha value is -1.30. The molecule has 0 radical (unpaired) electrons. The van der Waals surface area contributed by atoms with E-state index in [0.717, 1.165) is 12.0 Å². The molecule has 7 heteroatoms. The summed E-state index contributed by atoms with van der Waals surface area (Å²) in [5.74, 6) is -1.04. The Morgan fingerprint density at radius 1 is 1.36 bits per heavy atom. The van der Waals surface area contributed by atoms with Gasteiger partial charge in [-0.05, 0) is 37.4 Å². The fourth-order valence-corrected chi connectivity index (χ4v) is 3.03. The second-order valence-corrected chi connectivity index (χ2v) is 6.06. The van der Waals surface area contributed by atoms with Crippen molar-refractivity contribution in [2.75, 3.05) is 19.6 Å². The number of hydrogen-bond donors (Lipinski definition) is 2. The zero-order valence-corrected chi connectivity index (χ0v) is 13.5. The normalized spacial score (nSPS) is 18.4. The van der Waals surface area contributed by atoms with Crippen molar-refractivity contribution < 1.29 is 14.7 Å². The van der Waals surface area contributed by atoms with Gasteiger partial charge in [0.05, 0.1) is 16.6 Å². The molecule has 1 saturated heterocycles. The van der Waals surface area contributed by atoms with E-state index >= 15 is 0 Å². The summed E-state index contributed by atoms with van der Waals surface area (Å²) in [6.07, 6.45) is 1.98. The van der Waals surface area contributed by atoms with E-state index in [9.17, 15) is 9.59 Å². The highest BCUT2D eigenvalue weighted by Crippen LogP contribution is 2.25. The number of rotatable bonds is 6. The number of carbonyl (C=O) groups is 2. The second kappa shape index (κ2) is 7.81. The standard InChI is InChI=1S/C15H18Cl2N2O3/c16-11-4-1-3-10(14(11)17)6-7-18-13(20)9-19-8-2-5-12(19)15(21)22/h1,3-4,12H,2,5-9H2,(H,18,20)(H,21,22)/t12-/m0/s1. The molecule has 1 aliphatic heterocycles. The van der Waals surface area contributed by atoms with E-state index in [1.165, 1.54) is 0 Å². The summed E-state index contributed by atoms with van der Waals surface area (Å²) in [6.45, 7) is 1.19. The lowest BCUT2D eigenvalue weighted by Gasteiger charge is -2.20. The number of nitrogens with zero attached hydrogens (tertiary/aromatic N) is 1. The van der Waals surface area contributed by atoms with Gasteiger partial charge in [0.15, 0.2) is 0 Å². The Bertz CT molecular complexity index is 566. The van der Waals surface area contributed by atoms with E-state index in [4.69, 9.17) is 28.3 Å². The predicted molar refractivity (Wildman–Crippen MR) is 85.4 cm³/mol. The first-order chi connectivity index (χ1) is 10.5. The van der Waals surface area contributed by atoms with Crippen molar-refractivity contribution in [2.45, 2.75) is 25.3 Å². The van der Waals surface area contributed by atoms with Gasteiger partial charge in [0, 0.05) is 6.54 Å². The third-order valence-corrected chi connectivity index (χ3v) is 4.60. The highest BCUT2D eigenvalue weighted by Gasteiger charge is 2.31. The zero-order chi connectivity index (χ0) is 16.1. The Morgan fingerprint density at radius 3 is 2.86 bits per heavy atom. The van der Waals surface area contributed by atoms with Crippen LogP contribution in [0.4, 0.5) is 0 Å². The number of carboxylic acid groups (broad SMARTS) is 1. The molecule has 5 nitrogen and oxygen atoms in total. The predicted octanol–water partition coefficient (Wildman–Crippen LogP) is 2.20. The van der Waals surface area contributed by atoms with Gasteiger partial charge in [0.2, 0.25) is 5.91 Å². The van der Waals surface area contributed by atoms with Crippen molar-refractivity contribution in [2.24, 2.45) is 0 Å². The van der Waals surface area contributed by atoms with Gasteiger partial charge in [-0.15, -0.1) is 0 Å². The quantitative estimate of drug-likeness (QED) is 0.829. The average Bonchev–Trinajstić information content (AvgIpc) is 2.91. The number of carboxylic acids is 1. The molecule has 0 bridgehead atoms. The van der Waals surface area contributed by atoms with Crippen molar-refractivity contribution in [1.29, 1.82) is 0 Å². The Kier molecular flexibility index (Phi) is 6.06. The SMILES string of the molecule is O=C(CN1CCC[C@H]1C(=O)O)NCCc1cccc(Cl)c1Cl. The first-order valence-corrected chi connectivity index (χ1v) is 7.91. The molecule has 0 unspecified atom stereocenters. The third kappa shape index (κ3) is 4.35. The van der Waals surface area contributed by atoms with Crippen LogP contribution in [0, 0.1) is 0 Å². The van der Waals surface area contributed by atoms with Gasteiger partial charge in [-0.25, -0.2) is 0 Å². The Morgan fingerprint density at radius 2 is 2.14 bits per heavy atom. The molecule has 1 fully saturated rings. The molecule has 1 aromatic rings. The van der Waals surface area contributed by atoms with E-state index in [-0.39, 0.29) is 12.5 Å². The lowest BCUT2D eigenvalue weighted by molar-refractivity contribution is -0.142. The summed E-state index contributed by atoms with van der Waals surface area (Å²) in [6, 6.07) is 4.84. The highest BCUT2D eigenvalue weighted by atomic mass is 35.5. The maximum absolute atomic E-state index is 11.9. The zero-order valence-electron chi connectivity index (χ0n) is 12.0. The number of likely N-dealkylation sites (tertiary alicyclic amines) is 1. The molecule has 2 N–H and O–H groups in total. The van der Waals surface area contributed by atoms with Crippen LogP contribution in [0.25, 0.3) is 0 Å². The van der Waals surface area contributed by atoms with Crippen LogP contribution in [0.3, 0.4) is 0 Å². The van der Waals surface area contributed by atoms with Crippen LogP contribution in [0.15, 0.2) is 18.2 Å². The number of carbonyl (C=O) groups excluding carboxylic acids is 1. The molecule has 1 amide bonds. The molecule has 1 aromatic carbocycles. The van der Waals surface area contributed by atoms with Crippen molar-refractivity contribution in [3.05, 3.63) is 33.8 Å². The number of aliphatic carboxylic acids is 1. The molecule has 0 saturated carbocycles. The summed E-state index contributed by atoms with van der Waals surface area (Å²) >= 11 is 12.0. The first kappa shape index (κ1) is 17.1. The van der Waals surface area contributed by atoms with Gasteiger partial charge < -0.3 is 10.4 Å². The van der Waals surface area contributed by atoms with Crippen molar-refractivity contribution in [3.63, 3.8) is 0 Å². The van der Waals surface area contributed by atoms with Gasteiger partial charge in [-0.3, -0.25) is 14.5 Å². The lowest BCUT2D eigenvalue weighted by Crippen LogP contribution is -2.43. The molecule has 0 aliphatic carbocycles. The summed E-state index contributed by atoms with van der Waals surface area (Å²) in [5, 5.41) is 12.9. The fourth-order valence-electron chi connectivity index (χ4n) is 2.61. The van der Waals surface area contributed by atoms with E-state index < -0.39 is 12.0 Å². The number of nitrogens with one attached hydrogen (secondary N) is 1. The van der Waals surface area contributed by atoms with E-state index in [1.54, 1.807) is 11.0 Å². The molecule has 0 aromatic heterocycles. The minimum absolute atomic E-state index is 0.111. The van der Waals surface area contributed by atoms with Gasteiger partial charge in [-0.1, -0.05) is 35.3 Å². The smallest absolute Gasteiger partial charge is 0.320 e. The maximum Gasteiger partial charge on any atom is 0.320 e. The molecule has 0 spiro atoms. The number of benzene rings is 1. The van der Waals surface area contributed by atoms with E-state index in [2.05, 4.69) is 5.32 Å².